The molecule has 5 nitrogen and oxygen atoms in total. The van der Waals surface area contributed by atoms with Gasteiger partial charge in [0.25, 0.3) is 5.91 Å². The number of carbonyl (C=O) groups excluding carboxylic acids is 2. The van der Waals surface area contributed by atoms with Crippen LogP contribution in [-0.2, 0) is 9.53 Å². The Kier molecular flexibility index (Phi) is 4.90. The fraction of sp³-hybridized carbons (Fsp3) is 0.467. The van der Waals surface area contributed by atoms with Gasteiger partial charge in [0.1, 0.15) is 12.4 Å². The number of nitrogens with zero attached hydrogens (tertiary/aromatic N) is 2. The van der Waals surface area contributed by atoms with Crippen molar-refractivity contribution in [2.75, 3.05) is 39.9 Å². The number of piperazine rings is 1. The maximum Gasteiger partial charge on any atom is 0.254 e. The van der Waals surface area contributed by atoms with Crippen LogP contribution in [0.5, 0.6) is 0 Å². The Morgan fingerprint density at radius 3 is 2.38 bits per heavy atom. The van der Waals surface area contributed by atoms with E-state index in [2.05, 4.69) is 0 Å². The third kappa shape index (κ3) is 3.58. The molecule has 0 atom stereocenters. The molecule has 1 saturated heterocycles. The second-order valence-electron chi connectivity index (χ2n) is 5.07. The van der Waals surface area contributed by atoms with Gasteiger partial charge in [-0.2, -0.15) is 0 Å². The van der Waals surface area contributed by atoms with Crippen molar-refractivity contribution in [2.24, 2.45) is 0 Å². The van der Waals surface area contributed by atoms with Crippen molar-refractivity contribution >= 4 is 11.8 Å². The van der Waals surface area contributed by atoms with E-state index in [1.165, 1.54) is 25.3 Å². The van der Waals surface area contributed by atoms with E-state index in [0.29, 0.717) is 37.3 Å². The molecule has 2 amide bonds. The molecule has 0 spiro atoms. The molecule has 0 bridgehead atoms. The summed E-state index contributed by atoms with van der Waals surface area (Å²) in [6, 6.07) is 4.15. The summed E-state index contributed by atoms with van der Waals surface area (Å²) in [5.74, 6) is -0.534. The molecule has 1 heterocycles. The van der Waals surface area contributed by atoms with Crippen LogP contribution in [0.3, 0.4) is 0 Å². The summed E-state index contributed by atoms with van der Waals surface area (Å²) in [5, 5.41) is 0. The van der Waals surface area contributed by atoms with Gasteiger partial charge < -0.3 is 14.5 Å². The number of methoxy groups -OCH3 is 1. The van der Waals surface area contributed by atoms with Crippen molar-refractivity contribution in [3.63, 3.8) is 0 Å². The van der Waals surface area contributed by atoms with Gasteiger partial charge in [0.15, 0.2) is 0 Å². The molecule has 1 aliphatic heterocycles. The van der Waals surface area contributed by atoms with Gasteiger partial charge in [-0.15, -0.1) is 0 Å². The first kappa shape index (κ1) is 15.4. The first-order chi connectivity index (χ1) is 10.0. The molecule has 0 aromatic heterocycles. The molecular weight excluding hydrogens is 275 g/mol. The van der Waals surface area contributed by atoms with Crippen LogP contribution in [-0.4, -0.2) is 61.5 Å². The zero-order chi connectivity index (χ0) is 15.4. The molecule has 0 aliphatic carbocycles. The third-order valence-corrected chi connectivity index (χ3v) is 3.61. The van der Waals surface area contributed by atoms with Crippen molar-refractivity contribution in [1.82, 2.24) is 9.80 Å². The Hall–Kier alpha value is -1.95. The van der Waals surface area contributed by atoms with Crippen molar-refractivity contribution in [3.8, 4) is 0 Å². The lowest BCUT2D eigenvalue weighted by molar-refractivity contribution is -0.136. The Balaban J connectivity index is 1.98. The normalized spacial score (nSPS) is 15.2. The van der Waals surface area contributed by atoms with Crippen molar-refractivity contribution in [2.45, 2.75) is 6.92 Å². The number of benzene rings is 1. The van der Waals surface area contributed by atoms with Gasteiger partial charge in [-0.1, -0.05) is 0 Å². The molecule has 2 rings (SSSR count). The summed E-state index contributed by atoms with van der Waals surface area (Å²) in [7, 11) is 1.48. The minimum atomic E-state index is -0.348. The van der Waals surface area contributed by atoms with Gasteiger partial charge in [-0.25, -0.2) is 4.39 Å². The Labute approximate surface area is 123 Å². The highest BCUT2D eigenvalue weighted by Gasteiger charge is 2.25. The summed E-state index contributed by atoms with van der Waals surface area (Å²) >= 11 is 0. The lowest BCUT2D eigenvalue weighted by Crippen LogP contribution is -2.51. The van der Waals surface area contributed by atoms with E-state index < -0.39 is 0 Å². The number of hydrogen-bond donors (Lipinski definition) is 0. The molecule has 1 aromatic carbocycles. The first-order valence-electron chi connectivity index (χ1n) is 6.85. The van der Waals surface area contributed by atoms with E-state index in [0.717, 1.165) is 0 Å². The molecule has 1 fully saturated rings. The summed E-state index contributed by atoms with van der Waals surface area (Å²) in [6.45, 7) is 3.72. The lowest BCUT2D eigenvalue weighted by Gasteiger charge is -2.35. The van der Waals surface area contributed by atoms with Gasteiger partial charge in [0, 0.05) is 38.9 Å². The number of rotatable bonds is 3. The molecule has 1 aliphatic rings. The van der Waals surface area contributed by atoms with E-state index in [4.69, 9.17) is 4.74 Å². The Bertz CT molecular complexity index is 540. The Morgan fingerprint density at radius 2 is 1.81 bits per heavy atom. The highest BCUT2D eigenvalue weighted by atomic mass is 19.1. The molecule has 6 heteroatoms. The second-order valence-corrected chi connectivity index (χ2v) is 5.07. The summed E-state index contributed by atoms with van der Waals surface area (Å²) < 4.78 is 17.9. The number of hydrogen-bond acceptors (Lipinski definition) is 3. The zero-order valence-corrected chi connectivity index (χ0v) is 12.3. The minimum Gasteiger partial charge on any atom is -0.375 e. The van der Waals surface area contributed by atoms with Gasteiger partial charge in [0.2, 0.25) is 5.91 Å². The van der Waals surface area contributed by atoms with Crippen LogP contribution in [0, 0.1) is 12.7 Å². The molecule has 0 N–H and O–H groups in total. The third-order valence-electron chi connectivity index (χ3n) is 3.61. The molecule has 1 aromatic rings. The van der Waals surface area contributed by atoms with Gasteiger partial charge in [-0.3, -0.25) is 9.59 Å². The van der Waals surface area contributed by atoms with E-state index in [9.17, 15) is 14.0 Å². The van der Waals surface area contributed by atoms with Crippen molar-refractivity contribution < 1.29 is 18.7 Å². The van der Waals surface area contributed by atoms with Crippen molar-refractivity contribution in [3.05, 3.63) is 35.1 Å². The fourth-order valence-electron chi connectivity index (χ4n) is 2.41. The van der Waals surface area contributed by atoms with Crippen LogP contribution in [0.4, 0.5) is 4.39 Å². The number of carbonyl (C=O) groups is 2. The minimum absolute atomic E-state index is 0.0605. The molecule has 0 unspecified atom stereocenters. The summed E-state index contributed by atoms with van der Waals surface area (Å²) in [6.07, 6.45) is 0. The average Bonchev–Trinajstić information content (AvgIpc) is 2.47. The smallest absolute Gasteiger partial charge is 0.254 e. The predicted molar refractivity (Wildman–Crippen MR) is 75.5 cm³/mol. The summed E-state index contributed by atoms with van der Waals surface area (Å²) in [5.41, 5.74) is 1.13. The van der Waals surface area contributed by atoms with Gasteiger partial charge in [0.05, 0.1) is 0 Å². The quantitative estimate of drug-likeness (QED) is 0.838. The van der Waals surface area contributed by atoms with Crippen LogP contribution >= 0.6 is 0 Å². The molecule has 21 heavy (non-hydrogen) atoms. The summed E-state index contributed by atoms with van der Waals surface area (Å²) in [4.78, 5) is 27.5. The monoisotopic (exact) mass is 294 g/mol. The van der Waals surface area contributed by atoms with Crippen LogP contribution in [0.2, 0.25) is 0 Å². The maximum atomic E-state index is 13.1. The number of ether oxygens (including phenoxy) is 1. The van der Waals surface area contributed by atoms with Crippen LogP contribution in [0.15, 0.2) is 18.2 Å². The average molecular weight is 294 g/mol. The van der Waals surface area contributed by atoms with E-state index in [1.807, 2.05) is 0 Å². The molecule has 0 saturated carbocycles. The molecular formula is C15H19FN2O3. The van der Waals surface area contributed by atoms with Gasteiger partial charge in [-0.05, 0) is 30.7 Å². The van der Waals surface area contributed by atoms with E-state index in [1.54, 1.807) is 16.7 Å². The van der Waals surface area contributed by atoms with E-state index in [-0.39, 0.29) is 24.2 Å². The van der Waals surface area contributed by atoms with E-state index >= 15 is 0 Å². The largest absolute Gasteiger partial charge is 0.375 e. The first-order valence-corrected chi connectivity index (χ1v) is 6.85. The highest BCUT2D eigenvalue weighted by molar-refractivity contribution is 5.95. The molecule has 114 valence electrons. The predicted octanol–water partition coefficient (Wildman–Crippen LogP) is 1.06. The fourth-order valence-corrected chi connectivity index (χ4v) is 2.41. The Morgan fingerprint density at radius 1 is 1.19 bits per heavy atom. The highest BCUT2D eigenvalue weighted by Crippen LogP contribution is 2.14. The van der Waals surface area contributed by atoms with Crippen LogP contribution in [0.25, 0.3) is 0 Å². The second kappa shape index (κ2) is 6.67. The standard InChI is InChI=1S/C15H19FN2O3/c1-11-9-12(16)3-4-13(11)15(20)18-7-5-17(6-8-18)14(19)10-21-2/h3-4,9H,5-8,10H2,1-2H3. The zero-order valence-electron chi connectivity index (χ0n) is 12.3. The van der Waals surface area contributed by atoms with Crippen LogP contribution < -0.4 is 0 Å². The van der Waals surface area contributed by atoms with Crippen molar-refractivity contribution in [1.29, 1.82) is 0 Å². The number of amides is 2. The molecule has 0 radical (unpaired) electrons. The van der Waals surface area contributed by atoms with Crippen LogP contribution in [0.1, 0.15) is 15.9 Å². The lowest BCUT2D eigenvalue weighted by atomic mass is 10.1. The van der Waals surface area contributed by atoms with Gasteiger partial charge >= 0.3 is 0 Å². The number of aryl methyl sites for hydroxylation is 1. The SMILES string of the molecule is COCC(=O)N1CCN(C(=O)c2ccc(F)cc2C)CC1. The maximum absolute atomic E-state index is 13.1. The topological polar surface area (TPSA) is 49.9 Å². The number of halogens is 1.